The third kappa shape index (κ3) is 2.69. The van der Waals surface area contributed by atoms with Crippen LogP contribution in [0, 0.1) is 0 Å². The molecular weight excluding hydrogens is 224 g/mol. The maximum Gasteiger partial charge on any atom is 0.184 e. The van der Waals surface area contributed by atoms with Crippen molar-refractivity contribution in [2.75, 3.05) is 0 Å². The summed E-state index contributed by atoms with van der Waals surface area (Å²) in [5.74, 6) is 0. The second-order valence-corrected chi connectivity index (χ2v) is 10.3. The second kappa shape index (κ2) is 4.43. The minimum absolute atomic E-state index is 0.0637. The minimum atomic E-state index is -1.52. The van der Waals surface area contributed by atoms with Crippen LogP contribution in [0.2, 0.25) is 19.6 Å². The van der Waals surface area contributed by atoms with Crippen molar-refractivity contribution < 1.29 is 4.43 Å². The van der Waals surface area contributed by atoms with Crippen molar-refractivity contribution in [1.82, 2.24) is 0 Å². The molecule has 1 aliphatic rings. The lowest BCUT2D eigenvalue weighted by atomic mass is 9.73. The Morgan fingerprint density at radius 1 is 1.18 bits per heavy atom. The molecule has 0 radical (unpaired) electrons. The van der Waals surface area contributed by atoms with Crippen LogP contribution in [0.1, 0.15) is 24.8 Å². The Bertz CT molecular complexity index is 399. The fourth-order valence-corrected chi connectivity index (χ4v) is 3.95. The van der Waals surface area contributed by atoms with E-state index in [1.165, 1.54) is 17.6 Å². The first-order chi connectivity index (χ1) is 7.93. The Labute approximate surface area is 106 Å². The SMILES string of the molecule is C=C(c1ccccc1)C1(O[Si](C)(C)C)CCC1. The van der Waals surface area contributed by atoms with Crippen LogP contribution in [0.25, 0.3) is 5.57 Å². The lowest BCUT2D eigenvalue weighted by molar-refractivity contribution is 0.0432. The summed E-state index contributed by atoms with van der Waals surface area (Å²) >= 11 is 0. The molecule has 0 aromatic heterocycles. The number of hydrogen-bond donors (Lipinski definition) is 0. The maximum absolute atomic E-state index is 6.42. The molecule has 17 heavy (non-hydrogen) atoms. The summed E-state index contributed by atoms with van der Waals surface area (Å²) in [6, 6.07) is 10.5. The third-order valence-corrected chi connectivity index (χ3v) is 4.34. The Morgan fingerprint density at radius 2 is 1.76 bits per heavy atom. The highest BCUT2D eigenvalue weighted by molar-refractivity contribution is 6.69. The molecule has 2 rings (SSSR count). The van der Waals surface area contributed by atoms with Gasteiger partial charge in [0.05, 0.1) is 5.60 Å². The highest BCUT2D eigenvalue weighted by Crippen LogP contribution is 2.46. The summed E-state index contributed by atoms with van der Waals surface area (Å²) in [4.78, 5) is 0. The molecule has 0 saturated heterocycles. The predicted octanol–water partition coefficient (Wildman–Crippen LogP) is 4.47. The van der Waals surface area contributed by atoms with Crippen molar-refractivity contribution in [2.45, 2.75) is 44.5 Å². The van der Waals surface area contributed by atoms with Gasteiger partial charge >= 0.3 is 0 Å². The first-order valence-corrected chi connectivity index (χ1v) is 9.79. The van der Waals surface area contributed by atoms with Crippen LogP contribution in [0.3, 0.4) is 0 Å². The van der Waals surface area contributed by atoms with E-state index in [1.54, 1.807) is 0 Å². The van der Waals surface area contributed by atoms with E-state index in [-0.39, 0.29) is 5.60 Å². The van der Waals surface area contributed by atoms with Crippen LogP contribution in [-0.4, -0.2) is 13.9 Å². The van der Waals surface area contributed by atoms with Crippen LogP contribution in [0.4, 0.5) is 0 Å². The summed E-state index contributed by atoms with van der Waals surface area (Å²) < 4.78 is 6.42. The molecule has 0 aliphatic heterocycles. The van der Waals surface area contributed by atoms with Gasteiger partial charge in [0.1, 0.15) is 0 Å². The molecule has 1 aromatic carbocycles. The van der Waals surface area contributed by atoms with Crippen molar-refractivity contribution in [1.29, 1.82) is 0 Å². The van der Waals surface area contributed by atoms with Crippen molar-refractivity contribution in [2.24, 2.45) is 0 Å². The fraction of sp³-hybridized carbons (Fsp3) is 0.467. The van der Waals surface area contributed by atoms with Crippen molar-refractivity contribution in [3.63, 3.8) is 0 Å². The normalized spacial score (nSPS) is 18.5. The topological polar surface area (TPSA) is 9.23 Å². The van der Waals surface area contributed by atoms with Crippen molar-refractivity contribution >= 4 is 13.9 Å². The molecule has 0 atom stereocenters. The summed E-state index contributed by atoms with van der Waals surface area (Å²) in [6.45, 7) is 11.1. The molecule has 0 spiro atoms. The van der Waals surface area contributed by atoms with E-state index < -0.39 is 8.32 Å². The van der Waals surface area contributed by atoms with Gasteiger partial charge in [0.2, 0.25) is 0 Å². The van der Waals surface area contributed by atoms with E-state index in [9.17, 15) is 0 Å². The molecule has 0 N–H and O–H groups in total. The average molecular weight is 246 g/mol. The molecule has 1 nitrogen and oxygen atoms in total. The molecule has 2 heteroatoms. The van der Waals surface area contributed by atoms with Gasteiger partial charge in [0.15, 0.2) is 8.32 Å². The number of benzene rings is 1. The van der Waals surface area contributed by atoms with Gasteiger partial charge in [-0.2, -0.15) is 0 Å². The predicted molar refractivity (Wildman–Crippen MR) is 76.5 cm³/mol. The van der Waals surface area contributed by atoms with Gasteiger partial charge in [0, 0.05) is 0 Å². The van der Waals surface area contributed by atoms with E-state index in [4.69, 9.17) is 4.43 Å². The average Bonchev–Trinajstić information content (AvgIpc) is 2.23. The minimum Gasteiger partial charge on any atom is -0.408 e. The molecule has 1 fully saturated rings. The van der Waals surface area contributed by atoms with E-state index in [1.807, 2.05) is 6.07 Å². The largest absolute Gasteiger partial charge is 0.408 e. The molecule has 0 unspecified atom stereocenters. The molecule has 92 valence electrons. The van der Waals surface area contributed by atoms with Gasteiger partial charge in [-0.1, -0.05) is 36.9 Å². The Morgan fingerprint density at radius 3 is 2.18 bits per heavy atom. The molecular formula is C15H22OSi. The zero-order valence-corrected chi connectivity index (χ0v) is 12.1. The van der Waals surface area contributed by atoms with E-state index >= 15 is 0 Å². The van der Waals surface area contributed by atoms with Gasteiger partial charge in [-0.05, 0) is 50.0 Å². The first-order valence-electron chi connectivity index (χ1n) is 6.38. The maximum atomic E-state index is 6.42. The molecule has 1 aromatic rings. The summed E-state index contributed by atoms with van der Waals surface area (Å²) in [6.07, 6.45) is 3.52. The van der Waals surface area contributed by atoms with Crippen molar-refractivity contribution in [3.05, 3.63) is 42.5 Å². The zero-order valence-electron chi connectivity index (χ0n) is 11.1. The highest BCUT2D eigenvalue weighted by Gasteiger charge is 2.43. The van der Waals surface area contributed by atoms with Gasteiger partial charge in [0.25, 0.3) is 0 Å². The summed E-state index contributed by atoms with van der Waals surface area (Å²) in [7, 11) is -1.52. The highest BCUT2D eigenvalue weighted by atomic mass is 28.4. The van der Waals surface area contributed by atoms with Crippen LogP contribution >= 0.6 is 0 Å². The second-order valence-electron chi connectivity index (χ2n) is 5.91. The smallest absolute Gasteiger partial charge is 0.184 e. The van der Waals surface area contributed by atoms with Crippen LogP contribution in [0.5, 0.6) is 0 Å². The molecule has 1 saturated carbocycles. The Balaban J connectivity index is 2.22. The van der Waals surface area contributed by atoms with Gasteiger partial charge < -0.3 is 4.43 Å². The van der Waals surface area contributed by atoms with Crippen LogP contribution in [-0.2, 0) is 4.43 Å². The Hall–Kier alpha value is -0.863. The third-order valence-electron chi connectivity index (χ3n) is 3.34. The quantitative estimate of drug-likeness (QED) is 0.712. The first kappa shape index (κ1) is 12.6. The lowest BCUT2D eigenvalue weighted by Crippen LogP contribution is -2.48. The van der Waals surface area contributed by atoms with Gasteiger partial charge in [-0.25, -0.2) is 0 Å². The fourth-order valence-electron chi connectivity index (χ4n) is 2.45. The van der Waals surface area contributed by atoms with Gasteiger partial charge in [-0.3, -0.25) is 0 Å². The lowest BCUT2D eigenvalue weighted by Gasteiger charge is -2.47. The van der Waals surface area contributed by atoms with E-state index in [0.29, 0.717) is 0 Å². The van der Waals surface area contributed by atoms with E-state index in [0.717, 1.165) is 12.8 Å². The van der Waals surface area contributed by atoms with Gasteiger partial charge in [-0.15, -0.1) is 0 Å². The van der Waals surface area contributed by atoms with E-state index in [2.05, 4.69) is 50.5 Å². The van der Waals surface area contributed by atoms with Crippen LogP contribution in [0.15, 0.2) is 36.9 Å². The Kier molecular flexibility index (Phi) is 3.28. The number of rotatable bonds is 4. The molecule has 0 bridgehead atoms. The standard InChI is InChI=1S/C15H22OSi/c1-13(14-9-6-5-7-10-14)15(11-8-12-15)16-17(2,3)4/h5-7,9-10H,1,8,11-12H2,2-4H3. The summed E-state index contributed by atoms with van der Waals surface area (Å²) in [5.41, 5.74) is 2.34. The summed E-state index contributed by atoms with van der Waals surface area (Å²) in [5, 5.41) is 0. The molecule has 0 heterocycles. The van der Waals surface area contributed by atoms with Crippen molar-refractivity contribution in [3.8, 4) is 0 Å². The zero-order chi connectivity index (χ0) is 12.5. The monoisotopic (exact) mass is 246 g/mol. The molecule has 1 aliphatic carbocycles. The van der Waals surface area contributed by atoms with Crippen LogP contribution < -0.4 is 0 Å². The number of hydrogen-bond acceptors (Lipinski definition) is 1. The molecule has 0 amide bonds.